The standard InChI is InChI=1S/C16H23FN2O2/c1-21-15-8-7-14(11-15)19-16(20)18-9-3-5-12-4-2-6-13(17)10-12/h2,4,6,10,14-15H,3,5,7-9,11H2,1H3,(H2,18,19,20)/t14-,15+/m1/s1. The number of aryl methyl sites for hydroxylation is 1. The van der Waals surface area contributed by atoms with Crippen LogP contribution >= 0.6 is 0 Å². The Balaban J connectivity index is 1.59. The second-order valence-corrected chi connectivity index (χ2v) is 5.50. The van der Waals surface area contributed by atoms with E-state index in [9.17, 15) is 9.18 Å². The zero-order chi connectivity index (χ0) is 15.1. The number of carbonyl (C=O) groups is 1. The van der Waals surface area contributed by atoms with Crippen molar-refractivity contribution >= 4 is 6.03 Å². The van der Waals surface area contributed by atoms with E-state index in [1.54, 1.807) is 13.2 Å². The molecule has 1 aromatic rings. The molecule has 0 aromatic heterocycles. The van der Waals surface area contributed by atoms with Crippen molar-refractivity contribution in [3.05, 3.63) is 35.6 Å². The van der Waals surface area contributed by atoms with E-state index in [1.807, 2.05) is 6.07 Å². The number of benzene rings is 1. The van der Waals surface area contributed by atoms with Crippen LogP contribution in [-0.4, -0.2) is 31.8 Å². The van der Waals surface area contributed by atoms with Gasteiger partial charge in [-0.25, -0.2) is 9.18 Å². The minimum Gasteiger partial charge on any atom is -0.381 e. The first kappa shape index (κ1) is 15.8. The molecular formula is C16H23FN2O2. The van der Waals surface area contributed by atoms with Crippen LogP contribution in [-0.2, 0) is 11.2 Å². The van der Waals surface area contributed by atoms with Crippen molar-refractivity contribution in [1.29, 1.82) is 0 Å². The summed E-state index contributed by atoms with van der Waals surface area (Å²) in [4.78, 5) is 11.7. The molecule has 2 N–H and O–H groups in total. The largest absolute Gasteiger partial charge is 0.381 e. The maximum atomic E-state index is 13.0. The van der Waals surface area contributed by atoms with Crippen LogP contribution in [0.2, 0.25) is 0 Å². The van der Waals surface area contributed by atoms with E-state index < -0.39 is 0 Å². The smallest absolute Gasteiger partial charge is 0.315 e. The second kappa shape index (κ2) is 7.98. The molecule has 2 atom stereocenters. The Bertz CT molecular complexity index is 467. The summed E-state index contributed by atoms with van der Waals surface area (Å²) in [6.45, 7) is 0.586. The summed E-state index contributed by atoms with van der Waals surface area (Å²) >= 11 is 0. The summed E-state index contributed by atoms with van der Waals surface area (Å²) in [7, 11) is 1.71. The molecule has 2 amide bonds. The van der Waals surface area contributed by atoms with Crippen molar-refractivity contribution in [2.45, 2.75) is 44.2 Å². The predicted octanol–water partition coefficient (Wildman–Crippen LogP) is 2.63. The summed E-state index contributed by atoms with van der Waals surface area (Å²) < 4.78 is 18.3. The van der Waals surface area contributed by atoms with Crippen LogP contribution in [0.3, 0.4) is 0 Å². The molecule has 1 saturated carbocycles. The average Bonchev–Trinajstić information content (AvgIpc) is 2.91. The van der Waals surface area contributed by atoms with Gasteiger partial charge in [0.2, 0.25) is 0 Å². The normalized spacial score (nSPS) is 21.2. The molecule has 4 nitrogen and oxygen atoms in total. The summed E-state index contributed by atoms with van der Waals surface area (Å²) in [5.41, 5.74) is 0.955. The van der Waals surface area contributed by atoms with Crippen LogP contribution in [0.5, 0.6) is 0 Å². The number of hydrogen-bond donors (Lipinski definition) is 2. The summed E-state index contributed by atoms with van der Waals surface area (Å²) in [6, 6.07) is 6.64. The third-order valence-corrected chi connectivity index (χ3v) is 3.87. The van der Waals surface area contributed by atoms with Crippen molar-refractivity contribution in [3.63, 3.8) is 0 Å². The van der Waals surface area contributed by atoms with Crippen LogP contribution < -0.4 is 10.6 Å². The van der Waals surface area contributed by atoms with Gasteiger partial charge >= 0.3 is 6.03 Å². The Morgan fingerprint density at radius 1 is 1.43 bits per heavy atom. The molecule has 0 saturated heterocycles. The Labute approximate surface area is 125 Å². The molecular weight excluding hydrogens is 271 g/mol. The highest BCUT2D eigenvalue weighted by atomic mass is 19.1. The van der Waals surface area contributed by atoms with E-state index in [0.29, 0.717) is 6.54 Å². The summed E-state index contributed by atoms with van der Waals surface area (Å²) in [5, 5.41) is 5.80. The molecule has 0 heterocycles. The molecule has 0 bridgehead atoms. The minimum atomic E-state index is -0.216. The lowest BCUT2D eigenvalue weighted by molar-refractivity contribution is 0.107. The molecule has 0 spiro atoms. The van der Waals surface area contributed by atoms with Crippen molar-refractivity contribution in [2.24, 2.45) is 0 Å². The van der Waals surface area contributed by atoms with Crippen LogP contribution in [0.15, 0.2) is 24.3 Å². The molecule has 0 aliphatic heterocycles. The number of ether oxygens (including phenoxy) is 1. The number of rotatable bonds is 6. The average molecular weight is 294 g/mol. The Kier molecular flexibility index (Phi) is 5.99. The number of halogens is 1. The first-order chi connectivity index (χ1) is 10.2. The van der Waals surface area contributed by atoms with Crippen molar-refractivity contribution < 1.29 is 13.9 Å². The highest BCUT2D eigenvalue weighted by Crippen LogP contribution is 2.21. The first-order valence-corrected chi connectivity index (χ1v) is 7.49. The fourth-order valence-electron chi connectivity index (χ4n) is 2.71. The van der Waals surface area contributed by atoms with E-state index in [1.165, 1.54) is 12.1 Å². The molecule has 0 radical (unpaired) electrons. The van der Waals surface area contributed by atoms with Gasteiger partial charge in [0.15, 0.2) is 0 Å². The van der Waals surface area contributed by atoms with Crippen molar-refractivity contribution in [1.82, 2.24) is 10.6 Å². The number of urea groups is 1. The van der Waals surface area contributed by atoms with Crippen molar-refractivity contribution in [2.75, 3.05) is 13.7 Å². The number of carbonyl (C=O) groups excluding carboxylic acids is 1. The van der Waals surface area contributed by atoms with E-state index in [2.05, 4.69) is 10.6 Å². The maximum Gasteiger partial charge on any atom is 0.315 e. The van der Waals surface area contributed by atoms with Gasteiger partial charge in [-0.05, 0) is 49.8 Å². The van der Waals surface area contributed by atoms with Gasteiger partial charge in [-0.15, -0.1) is 0 Å². The van der Waals surface area contributed by atoms with E-state index in [4.69, 9.17) is 4.74 Å². The number of methoxy groups -OCH3 is 1. The van der Waals surface area contributed by atoms with E-state index in [-0.39, 0.29) is 24.0 Å². The maximum absolute atomic E-state index is 13.0. The van der Waals surface area contributed by atoms with Crippen LogP contribution in [0.25, 0.3) is 0 Å². The quantitative estimate of drug-likeness (QED) is 0.792. The first-order valence-electron chi connectivity index (χ1n) is 7.49. The molecule has 116 valence electrons. The predicted molar refractivity (Wildman–Crippen MR) is 79.7 cm³/mol. The van der Waals surface area contributed by atoms with Crippen LogP contribution in [0, 0.1) is 5.82 Å². The second-order valence-electron chi connectivity index (χ2n) is 5.50. The molecule has 5 heteroatoms. The lowest BCUT2D eigenvalue weighted by Crippen LogP contribution is -2.41. The third kappa shape index (κ3) is 5.34. The Morgan fingerprint density at radius 3 is 3.00 bits per heavy atom. The molecule has 1 fully saturated rings. The van der Waals surface area contributed by atoms with Gasteiger partial charge < -0.3 is 15.4 Å². The Hall–Kier alpha value is -1.62. The molecule has 2 rings (SSSR count). The van der Waals surface area contributed by atoms with Gasteiger partial charge in [0, 0.05) is 19.7 Å². The lowest BCUT2D eigenvalue weighted by atomic mass is 10.1. The zero-order valence-electron chi connectivity index (χ0n) is 12.4. The van der Waals surface area contributed by atoms with Crippen molar-refractivity contribution in [3.8, 4) is 0 Å². The molecule has 1 aromatic carbocycles. The minimum absolute atomic E-state index is 0.129. The summed E-state index contributed by atoms with van der Waals surface area (Å²) in [6.07, 6.45) is 4.67. The van der Waals surface area contributed by atoms with Gasteiger partial charge in [-0.1, -0.05) is 12.1 Å². The highest BCUT2D eigenvalue weighted by Gasteiger charge is 2.25. The van der Waals surface area contributed by atoms with Gasteiger partial charge in [0.1, 0.15) is 5.82 Å². The third-order valence-electron chi connectivity index (χ3n) is 3.87. The van der Waals surface area contributed by atoms with Gasteiger partial charge in [-0.2, -0.15) is 0 Å². The highest BCUT2D eigenvalue weighted by molar-refractivity contribution is 5.74. The van der Waals surface area contributed by atoms with Crippen LogP contribution in [0.4, 0.5) is 9.18 Å². The topological polar surface area (TPSA) is 50.4 Å². The van der Waals surface area contributed by atoms with Crippen LogP contribution in [0.1, 0.15) is 31.2 Å². The van der Waals surface area contributed by atoms with Gasteiger partial charge in [-0.3, -0.25) is 0 Å². The SMILES string of the molecule is CO[C@H]1CC[C@@H](NC(=O)NCCCc2cccc(F)c2)C1. The van der Waals surface area contributed by atoms with Gasteiger partial charge in [0.05, 0.1) is 6.10 Å². The molecule has 21 heavy (non-hydrogen) atoms. The fraction of sp³-hybridized carbons (Fsp3) is 0.562. The molecule has 1 aliphatic carbocycles. The van der Waals surface area contributed by atoms with E-state index in [0.717, 1.165) is 37.7 Å². The fourth-order valence-corrected chi connectivity index (χ4v) is 2.71. The zero-order valence-corrected chi connectivity index (χ0v) is 12.4. The molecule has 0 unspecified atom stereocenters. The number of nitrogens with one attached hydrogen (secondary N) is 2. The number of amides is 2. The monoisotopic (exact) mass is 294 g/mol. The Morgan fingerprint density at radius 2 is 2.29 bits per heavy atom. The molecule has 1 aliphatic rings. The van der Waals surface area contributed by atoms with E-state index >= 15 is 0 Å². The lowest BCUT2D eigenvalue weighted by Gasteiger charge is -2.13. The number of hydrogen-bond acceptors (Lipinski definition) is 2. The van der Waals surface area contributed by atoms with Gasteiger partial charge in [0.25, 0.3) is 0 Å². The summed E-state index contributed by atoms with van der Waals surface area (Å²) in [5.74, 6) is -0.216.